The second kappa shape index (κ2) is 11.8. The SMILES string of the molecule is CC.Cc1ccc(C(F)(F)F)cc1S(=O)NC1CCN(Cc2ccc(-c3ccccc3)cc2)C1. The monoisotopic (exact) mass is 488 g/mol. The molecule has 1 N–H and O–H groups in total. The predicted octanol–water partition coefficient (Wildman–Crippen LogP) is 6.59. The van der Waals surface area contributed by atoms with Gasteiger partial charge in [-0.2, -0.15) is 13.2 Å². The van der Waals surface area contributed by atoms with Crippen molar-refractivity contribution in [2.24, 2.45) is 0 Å². The van der Waals surface area contributed by atoms with Gasteiger partial charge in [0.1, 0.15) is 11.0 Å². The zero-order valence-corrected chi connectivity index (χ0v) is 20.5. The van der Waals surface area contributed by atoms with Crippen LogP contribution < -0.4 is 4.72 Å². The molecule has 2 unspecified atom stereocenters. The van der Waals surface area contributed by atoms with E-state index in [0.29, 0.717) is 12.1 Å². The Morgan fingerprint density at radius 2 is 1.62 bits per heavy atom. The van der Waals surface area contributed by atoms with Crippen LogP contribution in [0.2, 0.25) is 0 Å². The Balaban J connectivity index is 0.00000158. The summed E-state index contributed by atoms with van der Waals surface area (Å²) in [5.74, 6) is 0. The number of aryl methyl sites for hydroxylation is 1. The highest BCUT2D eigenvalue weighted by molar-refractivity contribution is 7.83. The third kappa shape index (κ3) is 6.78. The molecule has 0 amide bonds. The van der Waals surface area contributed by atoms with Crippen LogP contribution in [-0.2, 0) is 23.7 Å². The first kappa shape index (κ1) is 26.1. The van der Waals surface area contributed by atoms with Crippen LogP contribution in [0.15, 0.2) is 77.7 Å². The van der Waals surface area contributed by atoms with E-state index in [2.05, 4.69) is 46.0 Å². The Labute approximate surface area is 202 Å². The van der Waals surface area contributed by atoms with Crippen molar-refractivity contribution in [1.29, 1.82) is 0 Å². The topological polar surface area (TPSA) is 32.3 Å². The summed E-state index contributed by atoms with van der Waals surface area (Å²) in [6.07, 6.45) is -3.65. The summed E-state index contributed by atoms with van der Waals surface area (Å²) in [4.78, 5) is 2.46. The summed E-state index contributed by atoms with van der Waals surface area (Å²) in [6, 6.07) is 22.0. The van der Waals surface area contributed by atoms with E-state index in [1.54, 1.807) is 6.92 Å². The fourth-order valence-corrected chi connectivity index (χ4v) is 5.17. The van der Waals surface area contributed by atoms with Gasteiger partial charge in [-0.3, -0.25) is 4.90 Å². The standard InChI is InChI=1S/C25H25F3N2OS.C2H6/c1-18-7-12-22(25(26,27)28)15-24(18)32(31)29-23-13-14-30(17-23)16-19-8-10-21(11-9-19)20-5-3-2-4-6-20;1-2/h2-12,15,23,29H,13-14,16-17H2,1H3;1-2H3. The predicted molar refractivity (Wildman–Crippen MR) is 133 cm³/mol. The van der Waals surface area contributed by atoms with Crippen LogP contribution in [0.5, 0.6) is 0 Å². The molecule has 0 aliphatic carbocycles. The lowest BCUT2D eigenvalue weighted by Crippen LogP contribution is -2.34. The van der Waals surface area contributed by atoms with Crippen LogP contribution in [0.25, 0.3) is 11.1 Å². The van der Waals surface area contributed by atoms with Gasteiger partial charge in [0.2, 0.25) is 0 Å². The van der Waals surface area contributed by atoms with Crippen molar-refractivity contribution >= 4 is 11.0 Å². The molecule has 0 spiro atoms. The smallest absolute Gasteiger partial charge is 0.297 e. The van der Waals surface area contributed by atoms with Crippen LogP contribution in [0.4, 0.5) is 13.2 Å². The molecule has 1 aliphatic heterocycles. The van der Waals surface area contributed by atoms with Gasteiger partial charge in [-0.1, -0.05) is 74.5 Å². The molecule has 0 saturated carbocycles. The quantitative estimate of drug-likeness (QED) is 0.424. The fourth-order valence-electron chi connectivity index (χ4n) is 3.95. The molecule has 182 valence electrons. The molecule has 1 aliphatic rings. The molecule has 1 heterocycles. The van der Waals surface area contributed by atoms with E-state index in [-0.39, 0.29) is 10.9 Å². The van der Waals surface area contributed by atoms with Crippen LogP contribution in [0, 0.1) is 6.92 Å². The van der Waals surface area contributed by atoms with Crippen molar-refractivity contribution in [3.8, 4) is 11.1 Å². The lowest BCUT2D eigenvalue weighted by Gasteiger charge is -2.17. The first-order valence-electron chi connectivity index (χ1n) is 11.5. The molecule has 0 bridgehead atoms. The first-order chi connectivity index (χ1) is 16.3. The van der Waals surface area contributed by atoms with Crippen molar-refractivity contribution in [3.05, 3.63) is 89.5 Å². The number of nitrogens with one attached hydrogen (secondary N) is 1. The van der Waals surface area contributed by atoms with Gasteiger partial charge in [0.15, 0.2) is 0 Å². The summed E-state index contributed by atoms with van der Waals surface area (Å²) in [5.41, 5.74) is 3.34. The van der Waals surface area contributed by atoms with Crippen LogP contribution in [0.3, 0.4) is 0 Å². The number of rotatable bonds is 6. The molecule has 3 aromatic rings. The van der Waals surface area contributed by atoms with Gasteiger partial charge in [0, 0.05) is 25.7 Å². The lowest BCUT2D eigenvalue weighted by molar-refractivity contribution is -0.137. The molecule has 1 saturated heterocycles. The van der Waals surface area contributed by atoms with E-state index in [9.17, 15) is 17.4 Å². The van der Waals surface area contributed by atoms with Crippen LogP contribution >= 0.6 is 0 Å². The number of likely N-dealkylation sites (tertiary alicyclic amines) is 1. The number of nitrogens with zero attached hydrogens (tertiary/aromatic N) is 1. The number of alkyl halides is 3. The summed E-state index contributed by atoms with van der Waals surface area (Å²) in [6.45, 7) is 8.00. The third-order valence-electron chi connectivity index (χ3n) is 5.73. The number of hydrogen-bond donors (Lipinski definition) is 1. The van der Waals surface area contributed by atoms with E-state index in [0.717, 1.165) is 31.6 Å². The molecule has 7 heteroatoms. The van der Waals surface area contributed by atoms with Crippen LogP contribution in [0.1, 0.15) is 37.0 Å². The van der Waals surface area contributed by atoms with E-state index in [4.69, 9.17) is 0 Å². The molecule has 0 radical (unpaired) electrons. The van der Waals surface area contributed by atoms with E-state index < -0.39 is 22.7 Å². The second-order valence-electron chi connectivity index (χ2n) is 8.15. The van der Waals surface area contributed by atoms with Crippen molar-refractivity contribution < 1.29 is 17.4 Å². The molecule has 4 rings (SSSR count). The van der Waals surface area contributed by atoms with Gasteiger partial charge in [0.25, 0.3) is 0 Å². The van der Waals surface area contributed by atoms with Gasteiger partial charge in [-0.05, 0) is 47.7 Å². The normalized spacial score (nSPS) is 17.2. The van der Waals surface area contributed by atoms with Gasteiger partial charge in [0.05, 0.1) is 10.5 Å². The molecule has 3 nitrogen and oxygen atoms in total. The highest BCUT2D eigenvalue weighted by atomic mass is 32.2. The molecule has 0 aromatic heterocycles. The number of halogens is 3. The average Bonchev–Trinajstić information content (AvgIpc) is 3.27. The summed E-state index contributed by atoms with van der Waals surface area (Å²) < 4.78 is 54.8. The lowest BCUT2D eigenvalue weighted by atomic mass is 10.0. The molecule has 2 atom stereocenters. The molecular formula is C27H31F3N2OS. The summed E-state index contributed by atoms with van der Waals surface area (Å²) in [5, 5.41) is 0. The van der Waals surface area contributed by atoms with Crippen LogP contribution in [-0.4, -0.2) is 28.2 Å². The van der Waals surface area contributed by atoms with Gasteiger partial charge in [-0.15, -0.1) is 0 Å². The van der Waals surface area contributed by atoms with E-state index in [1.165, 1.54) is 22.8 Å². The maximum absolute atomic E-state index is 13.0. The second-order valence-corrected chi connectivity index (χ2v) is 9.36. The minimum atomic E-state index is -4.45. The minimum absolute atomic E-state index is 0.0339. The van der Waals surface area contributed by atoms with Gasteiger partial charge < -0.3 is 0 Å². The summed E-state index contributed by atoms with van der Waals surface area (Å²) >= 11 is 0. The van der Waals surface area contributed by atoms with Crippen molar-refractivity contribution in [3.63, 3.8) is 0 Å². The Hall–Kier alpha value is -2.48. The number of benzene rings is 3. The highest BCUT2D eigenvalue weighted by Gasteiger charge is 2.32. The Kier molecular flexibility index (Phi) is 9.05. The maximum atomic E-state index is 13.0. The molecule has 1 fully saturated rings. The fraction of sp³-hybridized carbons (Fsp3) is 0.333. The maximum Gasteiger partial charge on any atom is 0.416 e. The Bertz CT molecular complexity index is 1090. The van der Waals surface area contributed by atoms with E-state index in [1.807, 2.05) is 32.0 Å². The molecular weight excluding hydrogens is 457 g/mol. The summed E-state index contributed by atoms with van der Waals surface area (Å²) in [7, 11) is -1.69. The van der Waals surface area contributed by atoms with Crippen molar-refractivity contribution in [1.82, 2.24) is 9.62 Å². The minimum Gasteiger partial charge on any atom is -0.297 e. The molecule has 3 aromatic carbocycles. The Morgan fingerprint density at radius 3 is 2.26 bits per heavy atom. The zero-order valence-electron chi connectivity index (χ0n) is 19.7. The zero-order chi connectivity index (χ0) is 24.7. The van der Waals surface area contributed by atoms with Gasteiger partial charge >= 0.3 is 6.18 Å². The average molecular weight is 489 g/mol. The molecule has 34 heavy (non-hydrogen) atoms. The van der Waals surface area contributed by atoms with Crippen molar-refractivity contribution in [2.45, 2.75) is 50.9 Å². The van der Waals surface area contributed by atoms with E-state index >= 15 is 0 Å². The van der Waals surface area contributed by atoms with Crippen molar-refractivity contribution in [2.75, 3.05) is 13.1 Å². The third-order valence-corrected chi connectivity index (χ3v) is 7.12. The Morgan fingerprint density at radius 1 is 0.971 bits per heavy atom. The number of hydrogen-bond acceptors (Lipinski definition) is 2. The first-order valence-corrected chi connectivity index (χ1v) is 12.7. The largest absolute Gasteiger partial charge is 0.416 e. The highest BCUT2D eigenvalue weighted by Crippen LogP contribution is 2.31. The van der Waals surface area contributed by atoms with Gasteiger partial charge in [-0.25, -0.2) is 8.93 Å².